The number of carbonyl (C=O) groups is 3. The van der Waals surface area contributed by atoms with Gasteiger partial charge in [0.05, 0.1) is 6.54 Å². The highest BCUT2D eigenvalue weighted by Gasteiger charge is 2.37. The standard InChI is InChI=1S/C28H25ClN4O3/c29-24-25(28(36)33(27(24)35)18-19-6-2-1-3-7-19)30-21-10-8-20(9-11-21)26(34)31-22-12-14-23(15-13-22)32-16-4-5-17-32/h1-3,6-15,30H,4-5,16-18H2,(H,31,34). The average molecular weight is 501 g/mol. The van der Waals surface area contributed by atoms with Crippen LogP contribution in [0.15, 0.2) is 89.6 Å². The van der Waals surface area contributed by atoms with E-state index in [1.807, 2.05) is 54.6 Å². The Balaban J connectivity index is 1.21. The van der Waals surface area contributed by atoms with Crippen molar-refractivity contribution in [2.24, 2.45) is 0 Å². The SMILES string of the molecule is O=C(Nc1ccc(N2CCCC2)cc1)c1ccc(NC2=C(Cl)C(=O)N(Cc3ccccc3)C2=O)cc1. The third kappa shape index (κ3) is 4.97. The molecule has 2 aliphatic heterocycles. The van der Waals surface area contributed by atoms with E-state index in [9.17, 15) is 14.4 Å². The number of halogens is 1. The Morgan fingerprint density at radius 2 is 1.44 bits per heavy atom. The number of anilines is 3. The Kier molecular flexibility index (Phi) is 6.73. The molecule has 7 nitrogen and oxygen atoms in total. The van der Waals surface area contributed by atoms with Gasteiger partial charge in [-0.15, -0.1) is 0 Å². The van der Waals surface area contributed by atoms with Crippen molar-refractivity contribution in [3.05, 3.63) is 101 Å². The van der Waals surface area contributed by atoms with Crippen LogP contribution < -0.4 is 15.5 Å². The quantitative estimate of drug-likeness (QED) is 0.448. The molecule has 0 bridgehead atoms. The number of hydrogen-bond acceptors (Lipinski definition) is 5. The first kappa shape index (κ1) is 23.6. The Hall–Kier alpha value is -4.10. The van der Waals surface area contributed by atoms with Crippen LogP contribution in [-0.2, 0) is 16.1 Å². The van der Waals surface area contributed by atoms with Crippen LogP contribution in [0.25, 0.3) is 0 Å². The molecular formula is C28H25ClN4O3. The van der Waals surface area contributed by atoms with E-state index in [1.54, 1.807) is 24.3 Å². The van der Waals surface area contributed by atoms with E-state index in [2.05, 4.69) is 15.5 Å². The van der Waals surface area contributed by atoms with Gasteiger partial charge in [-0.05, 0) is 66.9 Å². The summed E-state index contributed by atoms with van der Waals surface area (Å²) in [6.07, 6.45) is 2.42. The number of benzene rings is 3. The summed E-state index contributed by atoms with van der Waals surface area (Å²) in [5, 5.41) is 5.68. The molecule has 1 fully saturated rings. The van der Waals surface area contributed by atoms with Crippen molar-refractivity contribution in [3.8, 4) is 0 Å². The minimum Gasteiger partial charge on any atom is -0.372 e. The minimum absolute atomic E-state index is 0.0212. The van der Waals surface area contributed by atoms with Crippen LogP contribution in [0.4, 0.5) is 17.1 Å². The maximum Gasteiger partial charge on any atom is 0.279 e. The number of hydrogen-bond donors (Lipinski definition) is 2. The highest BCUT2D eigenvalue weighted by atomic mass is 35.5. The summed E-state index contributed by atoms with van der Waals surface area (Å²) >= 11 is 6.20. The van der Waals surface area contributed by atoms with Gasteiger partial charge in [-0.3, -0.25) is 19.3 Å². The smallest absolute Gasteiger partial charge is 0.279 e. The predicted molar refractivity (Wildman–Crippen MR) is 141 cm³/mol. The fourth-order valence-electron chi connectivity index (χ4n) is 4.35. The number of carbonyl (C=O) groups excluding carboxylic acids is 3. The maximum absolute atomic E-state index is 12.9. The lowest BCUT2D eigenvalue weighted by molar-refractivity contribution is -0.138. The number of nitrogens with zero attached hydrogens (tertiary/aromatic N) is 2. The summed E-state index contributed by atoms with van der Waals surface area (Å²) in [7, 11) is 0. The molecule has 0 radical (unpaired) electrons. The second kappa shape index (κ2) is 10.3. The first-order valence-corrected chi connectivity index (χ1v) is 12.2. The Morgan fingerprint density at radius 3 is 2.11 bits per heavy atom. The third-order valence-electron chi connectivity index (χ3n) is 6.31. The van der Waals surface area contributed by atoms with E-state index >= 15 is 0 Å². The monoisotopic (exact) mass is 500 g/mol. The zero-order valence-electron chi connectivity index (χ0n) is 19.5. The largest absolute Gasteiger partial charge is 0.372 e. The first-order valence-electron chi connectivity index (χ1n) is 11.8. The molecule has 3 amide bonds. The van der Waals surface area contributed by atoms with Gasteiger partial charge in [-0.2, -0.15) is 0 Å². The molecule has 2 aliphatic rings. The van der Waals surface area contributed by atoms with Gasteiger partial charge in [0.25, 0.3) is 17.7 Å². The Bertz CT molecular complexity index is 1320. The van der Waals surface area contributed by atoms with Crippen LogP contribution >= 0.6 is 11.6 Å². The van der Waals surface area contributed by atoms with Crippen LogP contribution in [0, 0.1) is 0 Å². The molecule has 0 spiro atoms. The van der Waals surface area contributed by atoms with E-state index in [1.165, 1.54) is 12.8 Å². The fourth-order valence-corrected chi connectivity index (χ4v) is 4.58. The van der Waals surface area contributed by atoms with Crippen LogP contribution in [0.2, 0.25) is 0 Å². The number of rotatable bonds is 7. The predicted octanol–water partition coefficient (Wildman–Crippen LogP) is 4.97. The lowest BCUT2D eigenvalue weighted by atomic mass is 10.1. The molecule has 0 aromatic heterocycles. The number of amides is 3. The molecule has 2 heterocycles. The van der Waals surface area contributed by atoms with Gasteiger partial charge in [0.2, 0.25) is 0 Å². The van der Waals surface area contributed by atoms with Crippen molar-refractivity contribution in [1.29, 1.82) is 0 Å². The van der Waals surface area contributed by atoms with Crippen molar-refractivity contribution < 1.29 is 14.4 Å². The normalized spacial score (nSPS) is 15.6. The van der Waals surface area contributed by atoms with Gasteiger partial charge < -0.3 is 15.5 Å². The highest BCUT2D eigenvalue weighted by molar-refractivity contribution is 6.48. The molecular weight excluding hydrogens is 476 g/mol. The van der Waals surface area contributed by atoms with Crippen molar-refractivity contribution in [2.45, 2.75) is 19.4 Å². The van der Waals surface area contributed by atoms with Gasteiger partial charge in [-0.1, -0.05) is 41.9 Å². The van der Waals surface area contributed by atoms with Gasteiger partial charge >= 0.3 is 0 Å². The van der Waals surface area contributed by atoms with Crippen molar-refractivity contribution in [2.75, 3.05) is 28.6 Å². The molecule has 8 heteroatoms. The van der Waals surface area contributed by atoms with E-state index in [0.717, 1.165) is 34.9 Å². The van der Waals surface area contributed by atoms with Crippen molar-refractivity contribution in [3.63, 3.8) is 0 Å². The molecule has 0 aliphatic carbocycles. The zero-order valence-corrected chi connectivity index (χ0v) is 20.3. The molecule has 3 aromatic rings. The molecule has 0 unspecified atom stereocenters. The molecule has 5 rings (SSSR count). The maximum atomic E-state index is 12.9. The first-order chi connectivity index (χ1) is 17.5. The summed E-state index contributed by atoms with van der Waals surface area (Å²) in [5.41, 5.74) is 3.73. The molecule has 0 atom stereocenters. The zero-order chi connectivity index (χ0) is 25.1. The van der Waals surface area contributed by atoms with Crippen LogP contribution in [-0.4, -0.2) is 35.7 Å². The van der Waals surface area contributed by atoms with Crippen molar-refractivity contribution >= 4 is 46.4 Å². The fraction of sp³-hybridized carbons (Fsp3) is 0.179. The summed E-state index contributed by atoms with van der Waals surface area (Å²) in [6, 6.07) is 23.7. The van der Waals surface area contributed by atoms with E-state index in [0.29, 0.717) is 11.3 Å². The van der Waals surface area contributed by atoms with E-state index < -0.39 is 11.8 Å². The molecule has 2 N–H and O–H groups in total. The van der Waals surface area contributed by atoms with Gasteiger partial charge in [-0.25, -0.2) is 0 Å². The Labute approximate surface area is 214 Å². The van der Waals surface area contributed by atoms with E-state index in [-0.39, 0.29) is 23.2 Å². The van der Waals surface area contributed by atoms with Gasteiger partial charge in [0, 0.05) is 35.7 Å². The second-order valence-electron chi connectivity index (χ2n) is 8.77. The molecule has 3 aromatic carbocycles. The summed E-state index contributed by atoms with van der Waals surface area (Å²) < 4.78 is 0. The average Bonchev–Trinajstić information content (AvgIpc) is 3.51. The summed E-state index contributed by atoms with van der Waals surface area (Å²) in [4.78, 5) is 41.5. The highest BCUT2D eigenvalue weighted by Crippen LogP contribution is 2.27. The lowest BCUT2D eigenvalue weighted by Crippen LogP contribution is -2.31. The van der Waals surface area contributed by atoms with Gasteiger partial charge in [0.15, 0.2) is 0 Å². The second-order valence-corrected chi connectivity index (χ2v) is 9.15. The van der Waals surface area contributed by atoms with Crippen molar-refractivity contribution in [1.82, 2.24) is 4.90 Å². The van der Waals surface area contributed by atoms with Crippen LogP contribution in [0.1, 0.15) is 28.8 Å². The topological polar surface area (TPSA) is 81.8 Å². The third-order valence-corrected chi connectivity index (χ3v) is 6.66. The molecule has 0 saturated carbocycles. The van der Waals surface area contributed by atoms with E-state index in [4.69, 9.17) is 11.6 Å². The summed E-state index contributed by atoms with van der Waals surface area (Å²) in [5.74, 6) is -1.28. The summed E-state index contributed by atoms with van der Waals surface area (Å²) in [6.45, 7) is 2.27. The lowest BCUT2D eigenvalue weighted by Gasteiger charge is -2.17. The molecule has 36 heavy (non-hydrogen) atoms. The molecule has 182 valence electrons. The molecule has 1 saturated heterocycles. The Morgan fingerprint density at radius 1 is 0.806 bits per heavy atom. The van der Waals surface area contributed by atoms with Gasteiger partial charge in [0.1, 0.15) is 10.7 Å². The number of nitrogens with one attached hydrogen (secondary N) is 2. The number of imide groups is 1. The van der Waals surface area contributed by atoms with Crippen LogP contribution in [0.5, 0.6) is 0 Å². The van der Waals surface area contributed by atoms with Crippen LogP contribution in [0.3, 0.4) is 0 Å². The minimum atomic E-state index is -0.542.